The molecule has 8 rings (SSSR count). The van der Waals surface area contributed by atoms with Gasteiger partial charge in [-0.3, -0.25) is 38.6 Å². The fourth-order valence-electron chi connectivity index (χ4n) is 13.1. The van der Waals surface area contributed by atoms with Gasteiger partial charge in [-0.25, -0.2) is 9.59 Å². The Morgan fingerprint density at radius 1 is 0.568 bits per heavy atom. The normalized spacial score (nSPS) is 24.0. The summed E-state index contributed by atoms with van der Waals surface area (Å²) in [6, 6.07) is 8.07. The fraction of sp³-hybridized carbons (Fsp3) is 0.647. The number of likely N-dealkylation sites (N-methyl/N-ethyl adjacent to an activating group) is 2. The molecule has 0 radical (unpaired) electrons. The van der Waals surface area contributed by atoms with E-state index in [2.05, 4.69) is 44.9 Å². The number of nitrogens with one attached hydrogen (secondary N) is 4. The molecule has 2 heterocycles. The summed E-state index contributed by atoms with van der Waals surface area (Å²) in [6.45, 7) is 10.2. The predicted molar refractivity (Wildman–Crippen MR) is 330 cm³/mol. The molecule has 478 valence electrons. The number of ether oxygens (including phenoxy) is 4. The highest BCUT2D eigenvalue weighted by atomic mass is 16.6. The van der Waals surface area contributed by atoms with E-state index in [9.17, 15) is 38.4 Å². The van der Waals surface area contributed by atoms with Gasteiger partial charge >= 0.3 is 12.2 Å². The van der Waals surface area contributed by atoms with E-state index < -0.39 is 116 Å². The zero-order valence-electron chi connectivity index (χ0n) is 56.6. The lowest BCUT2D eigenvalue weighted by atomic mass is 9.83. The number of hydrogen-bond acceptors (Lipinski definition) is 12. The number of rotatable bonds is 18. The molecule has 4 N–H and O–H groups in total. The summed E-state index contributed by atoms with van der Waals surface area (Å²) in [6.07, 6.45) is 8.05. The number of hydrogen-bond donors (Lipinski definition) is 4. The van der Waals surface area contributed by atoms with Gasteiger partial charge in [-0.2, -0.15) is 0 Å². The van der Waals surface area contributed by atoms with E-state index >= 15 is 0 Å². The van der Waals surface area contributed by atoms with Crippen LogP contribution in [0.25, 0.3) is 0 Å². The first kappa shape index (κ1) is 61.1. The number of carbonyl (C=O) groups is 8. The molecule has 0 unspecified atom stereocenters. The lowest BCUT2D eigenvalue weighted by Gasteiger charge is -2.36. The lowest BCUT2D eigenvalue weighted by Crippen LogP contribution is -2.59. The summed E-state index contributed by atoms with van der Waals surface area (Å²) >= 11 is 0. The van der Waals surface area contributed by atoms with Gasteiger partial charge < -0.3 is 50.0 Å². The molecule has 8 amide bonds. The van der Waals surface area contributed by atoms with Crippen molar-refractivity contribution in [2.45, 2.75) is 230 Å². The van der Waals surface area contributed by atoms with Crippen molar-refractivity contribution in [3.8, 4) is 23.7 Å². The number of benzene rings is 2. The summed E-state index contributed by atoms with van der Waals surface area (Å²) in [4.78, 5) is 117. The molecule has 4 aliphatic carbocycles. The summed E-state index contributed by atoms with van der Waals surface area (Å²) < 4.78 is 55.9. The Hall–Kier alpha value is -7.16. The highest BCUT2D eigenvalue weighted by Crippen LogP contribution is 2.37. The van der Waals surface area contributed by atoms with Crippen LogP contribution in [0.1, 0.15) is 185 Å². The number of carbonyl (C=O) groups excluding carboxylic acids is 8. The van der Waals surface area contributed by atoms with Gasteiger partial charge in [0.15, 0.2) is 0 Å². The largest absolute Gasteiger partial charge is 0.444 e. The van der Waals surface area contributed by atoms with Crippen molar-refractivity contribution in [3.63, 3.8) is 0 Å². The summed E-state index contributed by atoms with van der Waals surface area (Å²) in [7, 11) is -0.524. The van der Waals surface area contributed by atoms with Gasteiger partial charge in [0.25, 0.3) is 0 Å². The topological polar surface area (TPSA) is 235 Å². The van der Waals surface area contributed by atoms with E-state index in [1.807, 2.05) is 48.5 Å². The van der Waals surface area contributed by atoms with Gasteiger partial charge in [0, 0.05) is 45.4 Å². The van der Waals surface area contributed by atoms with Crippen molar-refractivity contribution in [2.75, 3.05) is 40.3 Å². The van der Waals surface area contributed by atoms with Crippen LogP contribution in [0.4, 0.5) is 9.59 Å². The van der Waals surface area contributed by atoms with E-state index in [1.165, 1.54) is 18.7 Å². The van der Waals surface area contributed by atoms with Gasteiger partial charge in [-0.1, -0.05) is 98.9 Å². The minimum absolute atomic E-state index is 0.00166. The molecule has 0 spiro atoms. The van der Waals surface area contributed by atoms with Crippen molar-refractivity contribution in [2.24, 2.45) is 11.8 Å². The maximum atomic E-state index is 14.8. The van der Waals surface area contributed by atoms with E-state index in [4.69, 9.17) is 24.4 Å². The molecule has 2 aliphatic heterocycles. The zero-order chi connectivity index (χ0) is 66.7. The van der Waals surface area contributed by atoms with Crippen LogP contribution in [0.3, 0.4) is 0 Å². The summed E-state index contributed by atoms with van der Waals surface area (Å²) in [5.74, 6) is 8.29. The molecule has 20 nitrogen and oxygen atoms in total. The van der Waals surface area contributed by atoms with Crippen LogP contribution in [0.15, 0.2) is 48.5 Å². The van der Waals surface area contributed by atoms with Crippen LogP contribution >= 0.6 is 0 Å². The van der Waals surface area contributed by atoms with Crippen molar-refractivity contribution in [1.82, 2.24) is 40.9 Å². The van der Waals surface area contributed by atoms with E-state index in [1.54, 1.807) is 46.4 Å². The fourth-order valence-corrected chi connectivity index (χ4v) is 13.1. The predicted octanol–water partition coefficient (Wildman–Crippen LogP) is 7.21. The molecule has 2 saturated heterocycles. The van der Waals surface area contributed by atoms with Crippen LogP contribution < -0.4 is 21.3 Å². The summed E-state index contributed by atoms with van der Waals surface area (Å²) in [5.41, 5.74) is 1.88. The minimum Gasteiger partial charge on any atom is -0.444 e. The highest BCUT2D eigenvalue weighted by molar-refractivity contribution is 5.96. The van der Waals surface area contributed by atoms with Crippen molar-refractivity contribution >= 4 is 47.6 Å². The molecule has 20 heteroatoms. The Balaban J connectivity index is 0.873. The summed E-state index contributed by atoms with van der Waals surface area (Å²) in [5, 5.41) is 12.2. The van der Waals surface area contributed by atoms with Crippen LogP contribution in [-0.4, -0.2) is 167 Å². The third kappa shape index (κ3) is 17.0. The molecular formula is C68H94N8O12. The molecule has 2 aromatic rings. The number of fused-ring (bicyclic) bond motifs is 2. The smallest absolute Gasteiger partial charge is 0.410 e. The molecule has 2 aromatic carbocycles. The van der Waals surface area contributed by atoms with Gasteiger partial charge in [0.1, 0.15) is 60.7 Å². The molecule has 2 saturated carbocycles. The number of amides is 8. The van der Waals surface area contributed by atoms with Crippen LogP contribution in [0.2, 0.25) is 0 Å². The third-order valence-electron chi connectivity index (χ3n) is 17.8. The van der Waals surface area contributed by atoms with Gasteiger partial charge in [0.05, 0.1) is 24.3 Å². The van der Waals surface area contributed by atoms with Crippen molar-refractivity contribution < 1.29 is 62.8 Å². The molecule has 6 aliphatic rings. The second kappa shape index (κ2) is 29.9. The Morgan fingerprint density at radius 2 is 0.966 bits per heavy atom. The average Bonchev–Trinajstić information content (AvgIpc) is 1.79. The SMILES string of the molecule is [2H]CN(C(=O)OC(C)(C)C)[C@@H](C)C(=O)N[C@H](C(=O)N1CCC[C@H]1C(=O)N[C@H]1c2ccccc2C[C@H]1OCC#CC#CCO[C@@H]1Cc2ccccc2[C@@H]1NC(=O)[C@@H]1CCCN1C(=O)[C@@H](NC(=O)[C@H](C)N(C(=O)OC(C)(C)C)[13C]([2H])([2H])[2H])C1CCCCC1)C1CCCCC1. The van der Waals surface area contributed by atoms with Gasteiger partial charge in [-0.05, 0) is 153 Å². The third-order valence-corrected chi connectivity index (χ3v) is 17.8. The first-order valence-corrected chi connectivity index (χ1v) is 31.6. The molecule has 0 bridgehead atoms. The Labute approximate surface area is 525 Å². The van der Waals surface area contributed by atoms with E-state index in [0.717, 1.165) is 65.7 Å². The standard InChI is InChI=1S/C68H94N8O12/c1-43(73(9)65(83)87-67(3,4)5)59(77)69-55(45-27-15-13-16-28-45)63(81)75-37-25-35-51(75)61(79)71-57-49-33-21-19-31-47(49)41-53(57)85-39-23-11-12-24-40-86-54-42-48-32-20-22-34-50(48)58(54)72-62(80)52-36-26-38-76(52)64(82)56(46-29-17-14-18-30-46)70-60(78)44(2)74(10)66(84)88-68(6,7)8/h19-22,31-34,43-46,51-58H,13-18,25-30,35-42H2,1-10H3,(H,69,77)(H,70,78)(H,71,79)(H,72,80)/t43-,44-,51-,52-,53+,54+,55-,56-,57-,58-/m0/s1/i9D,10+1D3. The molecule has 4 fully saturated rings. The zero-order valence-corrected chi connectivity index (χ0v) is 52.6. The van der Waals surface area contributed by atoms with E-state index in [-0.39, 0.29) is 49.3 Å². The second-order valence-electron chi connectivity index (χ2n) is 26.4. The maximum Gasteiger partial charge on any atom is 0.410 e. The monoisotopic (exact) mass is 1220 g/mol. The van der Waals surface area contributed by atoms with Gasteiger partial charge in [0.2, 0.25) is 35.4 Å². The lowest BCUT2D eigenvalue weighted by molar-refractivity contribution is -0.144. The number of nitrogens with zero attached hydrogens (tertiary/aromatic N) is 4. The molecule has 88 heavy (non-hydrogen) atoms. The molecule has 0 aromatic heterocycles. The van der Waals surface area contributed by atoms with Crippen molar-refractivity contribution in [1.29, 1.82) is 0 Å². The van der Waals surface area contributed by atoms with Crippen molar-refractivity contribution in [3.05, 3.63) is 70.8 Å². The molecule has 10 atom stereocenters. The van der Waals surface area contributed by atoms with Gasteiger partial charge in [-0.15, -0.1) is 0 Å². The number of likely N-dealkylation sites (tertiary alicyclic amines) is 2. The Morgan fingerprint density at radius 3 is 1.36 bits per heavy atom. The Kier molecular flexibility index (Phi) is 20.8. The maximum absolute atomic E-state index is 14.8. The quantitative estimate of drug-likeness (QED) is 0.0856. The highest BCUT2D eigenvalue weighted by Gasteiger charge is 2.46. The van der Waals surface area contributed by atoms with Crippen LogP contribution in [0.5, 0.6) is 0 Å². The first-order valence-electron chi connectivity index (χ1n) is 33.8. The average molecular weight is 1220 g/mol. The first-order chi connectivity index (χ1) is 43.6. The Bertz CT molecular complexity index is 3120. The van der Waals surface area contributed by atoms with Crippen LogP contribution in [0, 0.1) is 35.5 Å². The minimum atomic E-state index is -3.03. The second-order valence-corrected chi connectivity index (χ2v) is 26.4. The van der Waals surface area contributed by atoms with Crippen LogP contribution in [-0.2, 0) is 60.6 Å². The molecular weight excluding hydrogens is 1120 g/mol. The van der Waals surface area contributed by atoms with E-state index in [0.29, 0.717) is 75.7 Å².